The van der Waals surface area contributed by atoms with Crippen LogP contribution in [0.15, 0.2) is 30.3 Å². The van der Waals surface area contributed by atoms with E-state index >= 15 is 0 Å². The van der Waals surface area contributed by atoms with Crippen molar-refractivity contribution in [1.29, 1.82) is 0 Å². The van der Waals surface area contributed by atoms with Gasteiger partial charge in [0.25, 0.3) is 12.3 Å². The van der Waals surface area contributed by atoms with E-state index in [9.17, 15) is 18.0 Å². The second kappa shape index (κ2) is 5.38. The first kappa shape index (κ1) is 11.6. The van der Waals surface area contributed by atoms with Gasteiger partial charge in [-0.25, -0.2) is 13.2 Å². The molecule has 82 valence electrons. The van der Waals surface area contributed by atoms with Crippen LogP contribution in [0.3, 0.4) is 0 Å². The summed E-state index contributed by atoms with van der Waals surface area (Å²) in [5, 5.41) is 2.09. The number of alkyl halides is 3. The molecule has 1 amide bonds. The Morgan fingerprint density at radius 1 is 1.20 bits per heavy atom. The van der Waals surface area contributed by atoms with E-state index in [-0.39, 0.29) is 6.54 Å². The number of halogens is 3. The van der Waals surface area contributed by atoms with Crippen LogP contribution in [0.25, 0.3) is 0 Å². The topological polar surface area (TPSA) is 29.1 Å². The molecule has 5 heteroatoms. The highest BCUT2D eigenvalue weighted by molar-refractivity contribution is 5.80. The number of rotatable bonds is 4. The standard InChI is InChI=1S/C10H10F3NO/c11-8(9(12)13)10(15)14-6-7-4-2-1-3-5-7/h1-5,8-9H,6H2,(H,14,15). The van der Waals surface area contributed by atoms with E-state index < -0.39 is 18.5 Å². The summed E-state index contributed by atoms with van der Waals surface area (Å²) >= 11 is 0. The van der Waals surface area contributed by atoms with E-state index in [1.165, 1.54) is 0 Å². The van der Waals surface area contributed by atoms with Gasteiger partial charge in [0.05, 0.1) is 0 Å². The largest absolute Gasteiger partial charge is 0.349 e. The molecule has 0 saturated heterocycles. The van der Waals surface area contributed by atoms with E-state index in [1.807, 2.05) is 0 Å². The van der Waals surface area contributed by atoms with E-state index in [0.29, 0.717) is 0 Å². The van der Waals surface area contributed by atoms with Gasteiger partial charge in [0.15, 0.2) is 0 Å². The molecule has 1 aromatic rings. The Bertz CT molecular complexity index is 316. The molecule has 1 atom stereocenters. The molecule has 0 heterocycles. The lowest BCUT2D eigenvalue weighted by Crippen LogP contribution is -2.35. The first-order valence-corrected chi connectivity index (χ1v) is 4.35. The molecular weight excluding hydrogens is 207 g/mol. The molecule has 1 unspecified atom stereocenters. The number of hydrogen-bond donors (Lipinski definition) is 1. The molecule has 15 heavy (non-hydrogen) atoms. The Hall–Kier alpha value is -1.52. The lowest BCUT2D eigenvalue weighted by atomic mass is 10.2. The molecule has 1 N–H and O–H groups in total. The molecule has 0 fully saturated rings. The fourth-order valence-electron chi connectivity index (χ4n) is 0.997. The number of benzene rings is 1. The van der Waals surface area contributed by atoms with Gasteiger partial charge in [-0.3, -0.25) is 4.79 Å². The van der Waals surface area contributed by atoms with Gasteiger partial charge in [0.2, 0.25) is 6.17 Å². The van der Waals surface area contributed by atoms with E-state index in [4.69, 9.17) is 0 Å². The molecule has 0 aliphatic carbocycles. The van der Waals surface area contributed by atoms with Crippen LogP contribution in [-0.4, -0.2) is 18.5 Å². The zero-order valence-electron chi connectivity index (χ0n) is 7.79. The second-order valence-corrected chi connectivity index (χ2v) is 2.94. The van der Waals surface area contributed by atoms with E-state index in [0.717, 1.165) is 5.56 Å². The minimum absolute atomic E-state index is 0.0484. The minimum Gasteiger partial charge on any atom is -0.349 e. The SMILES string of the molecule is O=C(NCc1ccccc1)C(F)C(F)F. The summed E-state index contributed by atoms with van der Waals surface area (Å²) in [6.45, 7) is 0.0484. The molecule has 0 aromatic heterocycles. The summed E-state index contributed by atoms with van der Waals surface area (Å²) in [6.07, 6.45) is -6.03. The third kappa shape index (κ3) is 3.61. The van der Waals surface area contributed by atoms with Gasteiger partial charge < -0.3 is 5.32 Å². The summed E-state index contributed by atoms with van der Waals surface area (Å²) in [5.41, 5.74) is 0.729. The Kier molecular flexibility index (Phi) is 4.15. The smallest absolute Gasteiger partial charge is 0.278 e. The lowest BCUT2D eigenvalue weighted by Gasteiger charge is -2.08. The number of carbonyl (C=O) groups excluding carboxylic acids is 1. The maximum absolute atomic E-state index is 12.5. The van der Waals surface area contributed by atoms with Crippen LogP contribution < -0.4 is 5.32 Å². The average Bonchev–Trinajstić information content (AvgIpc) is 2.26. The highest BCUT2D eigenvalue weighted by atomic mass is 19.3. The van der Waals surface area contributed by atoms with Gasteiger partial charge in [-0.15, -0.1) is 0 Å². The first-order chi connectivity index (χ1) is 7.11. The fourth-order valence-corrected chi connectivity index (χ4v) is 0.997. The van der Waals surface area contributed by atoms with Crippen molar-refractivity contribution in [2.45, 2.75) is 19.1 Å². The van der Waals surface area contributed by atoms with Crippen LogP contribution in [-0.2, 0) is 11.3 Å². The van der Waals surface area contributed by atoms with Crippen LogP contribution in [0, 0.1) is 0 Å². The summed E-state index contributed by atoms with van der Waals surface area (Å²) < 4.78 is 36.0. The Balaban J connectivity index is 2.41. The van der Waals surface area contributed by atoms with E-state index in [1.54, 1.807) is 30.3 Å². The van der Waals surface area contributed by atoms with Crippen LogP contribution in [0.4, 0.5) is 13.2 Å². The number of nitrogens with one attached hydrogen (secondary N) is 1. The van der Waals surface area contributed by atoms with Crippen molar-refractivity contribution in [3.05, 3.63) is 35.9 Å². The maximum Gasteiger partial charge on any atom is 0.278 e. The van der Waals surface area contributed by atoms with Crippen molar-refractivity contribution in [2.75, 3.05) is 0 Å². The maximum atomic E-state index is 12.5. The fraction of sp³-hybridized carbons (Fsp3) is 0.300. The van der Waals surface area contributed by atoms with Gasteiger partial charge in [-0.2, -0.15) is 0 Å². The molecule has 2 nitrogen and oxygen atoms in total. The van der Waals surface area contributed by atoms with Crippen LogP contribution in [0.5, 0.6) is 0 Å². The minimum atomic E-state index is -3.28. The molecule has 1 rings (SSSR count). The highest BCUT2D eigenvalue weighted by Crippen LogP contribution is 2.05. The highest BCUT2D eigenvalue weighted by Gasteiger charge is 2.27. The normalized spacial score (nSPS) is 12.5. The molecule has 0 aliphatic rings. The molecule has 0 saturated carbocycles. The third-order valence-electron chi connectivity index (χ3n) is 1.78. The van der Waals surface area contributed by atoms with Crippen LogP contribution in [0.2, 0.25) is 0 Å². The quantitative estimate of drug-likeness (QED) is 0.820. The van der Waals surface area contributed by atoms with Crippen molar-refractivity contribution in [2.24, 2.45) is 0 Å². The predicted octanol–water partition coefficient (Wildman–Crippen LogP) is 1.91. The average molecular weight is 217 g/mol. The van der Waals surface area contributed by atoms with Crippen molar-refractivity contribution in [3.63, 3.8) is 0 Å². The van der Waals surface area contributed by atoms with Crippen molar-refractivity contribution in [3.8, 4) is 0 Å². The molecule has 1 aromatic carbocycles. The Labute approximate surface area is 85.1 Å². The van der Waals surface area contributed by atoms with Gasteiger partial charge in [-0.05, 0) is 5.56 Å². The van der Waals surface area contributed by atoms with Gasteiger partial charge >= 0.3 is 0 Å². The molecule has 0 radical (unpaired) electrons. The number of amides is 1. The monoisotopic (exact) mass is 217 g/mol. The lowest BCUT2D eigenvalue weighted by molar-refractivity contribution is -0.131. The first-order valence-electron chi connectivity index (χ1n) is 4.35. The molecular formula is C10H10F3NO. The van der Waals surface area contributed by atoms with Crippen LogP contribution >= 0.6 is 0 Å². The summed E-state index contributed by atoms with van der Waals surface area (Å²) in [6, 6.07) is 8.66. The molecule has 0 bridgehead atoms. The number of carbonyl (C=O) groups is 1. The predicted molar refractivity (Wildman–Crippen MR) is 49.2 cm³/mol. The number of hydrogen-bond acceptors (Lipinski definition) is 1. The summed E-state index contributed by atoms with van der Waals surface area (Å²) in [5.74, 6) is -1.28. The second-order valence-electron chi connectivity index (χ2n) is 2.94. The summed E-state index contributed by atoms with van der Waals surface area (Å²) in [7, 11) is 0. The van der Waals surface area contributed by atoms with Gasteiger partial charge in [-0.1, -0.05) is 30.3 Å². The van der Waals surface area contributed by atoms with E-state index in [2.05, 4.69) is 5.32 Å². The zero-order valence-corrected chi connectivity index (χ0v) is 7.79. The molecule has 0 spiro atoms. The summed E-state index contributed by atoms with van der Waals surface area (Å²) in [4.78, 5) is 10.8. The van der Waals surface area contributed by atoms with Crippen LogP contribution in [0.1, 0.15) is 5.56 Å². The van der Waals surface area contributed by atoms with Gasteiger partial charge in [0.1, 0.15) is 0 Å². The van der Waals surface area contributed by atoms with Crippen molar-refractivity contribution >= 4 is 5.91 Å². The Morgan fingerprint density at radius 3 is 2.33 bits per heavy atom. The Morgan fingerprint density at radius 2 is 1.80 bits per heavy atom. The zero-order chi connectivity index (χ0) is 11.3. The molecule has 0 aliphatic heterocycles. The van der Waals surface area contributed by atoms with Crippen molar-refractivity contribution < 1.29 is 18.0 Å². The third-order valence-corrected chi connectivity index (χ3v) is 1.78. The van der Waals surface area contributed by atoms with Crippen molar-refractivity contribution in [1.82, 2.24) is 5.32 Å². The van der Waals surface area contributed by atoms with Gasteiger partial charge in [0, 0.05) is 6.54 Å².